The van der Waals surface area contributed by atoms with E-state index < -0.39 is 0 Å². The maximum Gasteiger partial charge on any atom is 0.152 e. The summed E-state index contributed by atoms with van der Waals surface area (Å²) in [5.74, 6) is 4.72. The Balaban J connectivity index is 1.51. The molecule has 3 heterocycles. The molecule has 0 radical (unpaired) electrons. The van der Waals surface area contributed by atoms with Gasteiger partial charge in [-0.25, -0.2) is 0 Å². The Morgan fingerprint density at radius 2 is 1.68 bits per heavy atom. The van der Waals surface area contributed by atoms with E-state index >= 15 is 0 Å². The van der Waals surface area contributed by atoms with Gasteiger partial charge in [-0.15, -0.1) is 0 Å². The van der Waals surface area contributed by atoms with E-state index in [4.69, 9.17) is 4.42 Å². The molecule has 0 atom stereocenters. The normalized spacial score (nSPS) is 35.4. The van der Waals surface area contributed by atoms with Crippen molar-refractivity contribution in [3.8, 4) is 0 Å². The molecule has 1 spiro atoms. The molecule has 0 amide bonds. The average molecular weight is 373 g/mol. The highest BCUT2D eigenvalue weighted by atomic mass is 16.3. The van der Waals surface area contributed by atoms with Crippen molar-refractivity contribution in [2.24, 2.45) is 30.7 Å². The van der Waals surface area contributed by atoms with Crippen LogP contribution in [0.4, 0.5) is 5.69 Å². The lowest BCUT2D eigenvalue weighted by Gasteiger charge is -2.62. The van der Waals surface area contributed by atoms with Gasteiger partial charge in [0.25, 0.3) is 0 Å². The van der Waals surface area contributed by atoms with Crippen LogP contribution in [0.25, 0.3) is 11.1 Å². The molecule has 4 bridgehead atoms. The van der Waals surface area contributed by atoms with Gasteiger partial charge in [0, 0.05) is 31.0 Å². The van der Waals surface area contributed by atoms with E-state index in [0.29, 0.717) is 0 Å². The predicted octanol–water partition coefficient (Wildman–Crippen LogP) is 5.75. The van der Waals surface area contributed by atoms with E-state index in [-0.39, 0.29) is 5.54 Å². The van der Waals surface area contributed by atoms with Crippen molar-refractivity contribution in [1.82, 2.24) is 4.57 Å². The first-order valence-electron chi connectivity index (χ1n) is 11.1. The van der Waals surface area contributed by atoms with Crippen LogP contribution in [0, 0.1) is 30.6 Å². The summed E-state index contributed by atoms with van der Waals surface area (Å²) in [6, 6.07) is 11.2. The molecule has 4 saturated carbocycles. The van der Waals surface area contributed by atoms with Crippen LogP contribution < -0.4 is 4.90 Å². The number of fused-ring (bicyclic) bond motifs is 3. The van der Waals surface area contributed by atoms with Crippen LogP contribution in [0.15, 0.2) is 40.9 Å². The molecular formula is C25H28N2O. The number of anilines is 1. The van der Waals surface area contributed by atoms with Crippen molar-refractivity contribution in [2.75, 3.05) is 4.90 Å². The summed E-state index contributed by atoms with van der Waals surface area (Å²) < 4.78 is 9.01. The van der Waals surface area contributed by atoms with Gasteiger partial charge in [0.05, 0.1) is 5.52 Å². The zero-order chi connectivity index (χ0) is 18.6. The maximum absolute atomic E-state index is 6.74. The van der Waals surface area contributed by atoms with Gasteiger partial charge in [-0.1, -0.05) is 18.2 Å². The van der Waals surface area contributed by atoms with Crippen LogP contribution in [0.5, 0.6) is 0 Å². The minimum atomic E-state index is 0.0773. The van der Waals surface area contributed by atoms with E-state index in [9.17, 15) is 0 Å². The molecule has 1 aromatic carbocycles. The van der Waals surface area contributed by atoms with Crippen molar-refractivity contribution < 1.29 is 4.42 Å². The van der Waals surface area contributed by atoms with Crippen LogP contribution in [0.3, 0.4) is 0 Å². The second kappa shape index (κ2) is 5.06. The standard InChI is InChI=1S/C25H28N2O/c1-15-5-3-4-6-21(15)27-14-20-23-22(7-8-26(23)2)28-24(20)25(27)18-10-16-9-17(12-18)13-19(25)11-16/h3-8,16-19H,9-14H2,1-2H3. The fourth-order valence-corrected chi connectivity index (χ4v) is 7.98. The van der Waals surface area contributed by atoms with E-state index in [0.717, 1.165) is 35.8 Å². The quantitative estimate of drug-likeness (QED) is 0.542. The number of nitrogens with zero attached hydrogens (tertiary/aromatic N) is 2. The number of hydrogen-bond acceptors (Lipinski definition) is 2. The lowest BCUT2D eigenvalue weighted by molar-refractivity contribution is -0.0665. The minimum Gasteiger partial charge on any atom is -0.456 e. The van der Waals surface area contributed by atoms with Gasteiger partial charge in [-0.05, 0) is 80.4 Å². The molecule has 3 nitrogen and oxygen atoms in total. The van der Waals surface area contributed by atoms with Gasteiger partial charge in [-0.3, -0.25) is 0 Å². The number of aryl methyl sites for hydroxylation is 2. The Morgan fingerprint density at radius 1 is 0.964 bits per heavy atom. The van der Waals surface area contributed by atoms with Crippen LogP contribution >= 0.6 is 0 Å². The van der Waals surface area contributed by atoms with E-state index in [1.54, 1.807) is 0 Å². The fraction of sp³-hybridized carbons (Fsp3) is 0.520. The summed E-state index contributed by atoms with van der Waals surface area (Å²) >= 11 is 0. The lowest BCUT2D eigenvalue weighted by atomic mass is 9.48. The number of para-hydroxylation sites is 1. The summed E-state index contributed by atoms with van der Waals surface area (Å²) in [6.45, 7) is 3.27. The SMILES string of the molecule is Cc1ccccc1N1Cc2c(oc3ccn(C)c23)C12C1CC3CC(C1)CC2C3. The molecule has 28 heavy (non-hydrogen) atoms. The smallest absolute Gasteiger partial charge is 0.152 e. The second-order valence-electron chi connectivity index (χ2n) is 10.1. The summed E-state index contributed by atoms with van der Waals surface area (Å²) in [4.78, 5) is 2.79. The fourth-order valence-electron chi connectivity index (χ4n) is 7.98. The predicted molar refractivity (Wildman–Crippen MR) is 111 cm³/mol. The Hall–Kier alpha value is -2.16. The topological polar surface area (TPSA) is 21.3 Å². The first kappa shape index (κ1) is 15.7. The number of furan rings is 1. The molecule has 4 aliphatic carbocycles. The average Bonchev–Trinajstić information content (AvgIpc) is 3.30. The van der Waals surface area contributed by atoms with Gasteiger partial charge in [0.1, 0.15) is 11.3 Å². The zero-order valence-electron chi connectivity index (χ0n) is 16.8. The molecule has 5 aliphatic rings. The molecule has 0 saturated heterocycles. The van der Waals surface area contributed by atoms with Crippen molar-refractivity contribution in [1.29, 1.82) is 0 Å². The molecular weight excluding hydrogens is 344 g/mol. The van der Waals surface area contributed by atoms with E-state index in [1.165, 1.54) is 60.2 Å². The highest BCUT2D eigenvalue weighted by molar-refractivity contribution is 5.82. The Bertz CT molecular complexity index is 1080. The number of rotatable bonds is 1. The number of benzene rings is 1. The molecule has 3 aromatic rings. The largest absolute Gasteiger partial charge is 0.456 e. The Kier molecular flexibility index (Phi) is 2.84. The van der Waals surface area contributed by atoms with Crippen molar-refractivity contribution in [3.05, 3.63) is 53.4 Å². The Labute approximate surface area is 166 Å². The van der Waals surface area contributed by atoms with Gasteiger partial charge < -0.3 is 13.9 Å². The molecule has 0 unspecified atom stereocenters. The zero-order valence-corrected chi connectivity index (χ0v) is 16.8. The van der Waals surface area contributed by atoms with Gasteiger partial charge in [-0.2, -0.15) is 0 Å². The van der Waals surface area contributed by atoms with Crippen LogP contribution in [-0.2, 0) is 19.1 Å². The van der Waals surface area contributed by atoms with Crippen molar-refractivity contribution in [2.45, 2.75) is 51.1 Å². The van der Waals surface area contributed by atoms with Crippen molar-refractivity contribution in [3.63, 3.8) is 0 Å². The molecule has 144 valence electrons. The number of hydrogen-bond donors (Lipinski definition) is 0. The van der Waals surface area contributed by atoms with Gasteiger partial charge in [0.2, 0.25) is 0 Å². The van der Waals surface area contributed by atoms with Gasteiger partial charge in [0.15, 0.2) is 5.58 Å². The summed E-state index contributed by atoms with van der Waals surface area (Å²) in [5, 5.41) is 0. The first-order valence-corrected chi connectivity index (χ1v) is 11.1. The third kappa shape index (κ3) is 1.69. The highest BCUT2D eigenvalue weighted by Crippen LogP contribution is 2.67. The molecule has 3 heteroatoms. The monoisotopic (exact) mass is 372 g/mol. The van der Waals surface area contributed by atoms with E-state index in [1.807, 2.05) is 0 Å². The number of aromatic nitrogens is 1. The molecule has 0 N–H and O–H groups in total. The third-order valence-corrected chi connectivity index (χ3v) is 8.72. The molecule has 4 fully saturated rings. The highest BCUT2D eigenvalue weighted by Gasteiger charge is 2.65. The summed E-state index contributed by atoms with van der Waals surface area (Å²) in [7, 11) is 2.16. The van der Waals surface area contributed by atoms with Crippen molar-refractivity contribution >= 4 is 16.8 Å². The minimum absolute atomic E-state index is 0.0773. The van der Waals surface area contributed by atoms with Crippen LogP contribution in [-0.4, -0.2) is 4.57 Å². The van der Waals surface area contributed by atoms with E-state index in [2.05, 4.69) is 60.0 Å². The first-order chi connectivity index (χ1) is 13.7. The lowest BCUT2D eigenvalue weighted by Crippen LogP contribution is -2.61. The molecule has 1 aliphatic heterocycles. The van der Waals surface area contributed by atoms with Crippen LogP contribution in [0.2, 0.25) is 0 Å². The molecule has 8 rings (SSSR count). The van der Waals surface area contributed by atoms with Gasteiger partial charge >= 0.3 is 0 Å². The Morgan fingerprint density at radius 3 is 2.39 bits per heavy atom. The summed E-state index contributed by atoms with van der Waals surface area (Å²) in [5.41, 5.74) is 6.75. The second-order valence-corrected chi connectivity index (χ2v) is 10.1. The maximum atomic E-state index is 6.74. The van der Waals surface area contributed by atoms with Crippen LogP contribution in [0.1, 0.15) is 49.0 Å². The summed E-state index contributed by atoms with van der Waals surface area (Å²) in [6.07, 6.45) is 9.21. The molecule has 2 aromatic heterocycles. The third-order valence-electron chi connectivity index (χ3n) is 8.72.